The molecule has 1 rings (SSSR count). The van der Waals surface area contributed by atoms with E-state index in [1.807, 2.05) is 29.0 Å². The van der Waals surface area contributed by atoms with Crippen molar-refractivity contribution in [1.82, 2.24) is 15.2 Å². The Hall–Kier alpha value is -1.80. The molecule has 0 fully saturated rings. The van der Waals surface area contributed by atoms with E-state index in [1.165, 1.54) is 0 Å². The van der Waals surface area contributed by atoms with Crippen LogP contribution in [0.25, 0.3) is 0 Å². The summed E-state index contributed by atoms with van der Waals surface area (Å²) in [7, 11) is 0. The van der Waals surface area contributed by atoms with Gasteiger partial charge >= 0.3 is 0 Å². The molecule has 5 nitrogen and oxygen atoms in total. The van der Waals surface area contributed by atoms with Crippen LogP contribution in [-0.4, -0.2) is 23.1 Å². The van der Waals surface area contributed by atoms with E-state index in [9.17, 15) is 4.79 Å². The van der Waals surface area contributed by atoms with Crippen LogP contribution in [0.5, 0.6) is 0 Å². The molecule has 1 amide bonds. The molecular formula is C13H20N4O. The van der Waals surface area contributed by atoms with E-state index in [-0.39, 0.29) is 5.91 Å². The first-order chi connectivity index (χ1) is 8.63. The number of carbonyl (C=O) groups excluding carboxylic acids is 1. The summed E-state index contributed by atoms with van der Waals surface area (Å²) in [5, 5.41) is 14.4. The Morgan fingerprint density at radius 2 is 2.33 bits per heavy atom. The molecule has 0 spiro atoms. The van der Waals surface area contributed by atoms with Crippen molar-refractivity contribution in [3.8, 4) is 6.07 Å². The number of hydrogen-bond acceptors (Lipinski definition) is 3. The SMILES string of the molecule is CC(C)NCc1cccn1CC(=O)NCCC#N. The molecule has 0 aliphatic heterocycles. The molecule has 0 unspecified atom stereocenters. The number of hydrogen-bond donors (Lipinski definition) is 2. The fourth-order valence-corrected chi connectivity index (χ4v) is 1.54. The summed E-state index contributed by atoms with van der Waals surface area (Å²) in [4.78, 5) is 11.6. The summed E-state index contributed by atoms with van der Waals surface area (Å²) in [5.41, 5.74) is 1.08. The van der Waals surface area contributed by atoms with E-state index in [4.69, 9.17) is 5.26 Å². The van der Waals surface area contributed by atoms with Crippen molar-refractivity contribution in [2.45, 2.75) is 39.4 Å². The lowest BCUT2D eigenvalue weighted by Gasteiger charge is -2.12. The average molecular weight is 248 g/mol. The number of nitriles is 1. The van der Waals surface area contributed by atoms with Crippen molar-refractivity contribution in [1.29, 1.82) is 5.26 Å². The first-order valence-corrected chi connectivity index (χ1v) is 6.14. The van der Waals surface area contributed by atoms with E-state index in [2.05, 4.69) is 24.5 Å². The third kappa shape index (κ3) is 5.02. The molecule has 1 aromatic rings. The summed E-state index contributed by atoms with van der Waals surface area (Å²) < 4.78 is 1.91. The standard InChI is InChI=1S/C13H20N4O/c1-11(2)16-9-12-5-3-8-17(12)10-13(18)15-7-4-6-14/h3,5,8,11,16H,4,7,9-10H2,1-2H3,(H,15,18). The number of amides is 1. The summed E-state index contributed by atoms with van der Waals surface area (Å²) in [6.45, 7) is 5.63. The zero-order valence-corrected chi connectivity index (χ0v) is 10.9. The lowest BCUT2D eigenvalue weighted by Crippen LogP contribution is -2.30. The highest BCUT2D eigenvalue weighted by molar-refractivity contribution is 5.75. The molecule has 0 radical (unpaired) electrons. The van der Waals surface area contributed by atoms with Crippen LogP contribution in [0.3, 0.4) is 0 Å². The van der Waals surface area contributed by atoms with Crippen LogP contribution in [-0.2, 0) is 17.9 Å². The molecule has 1 heterocycles. The minimum atomic E-state index is -0.0627. The summed E-state index contributed by atoms with van der Waals surface area (Å²) >= 11 is 0. The van der Waals surface area contributed by atoms with Crippen molar-refractivity contribution >= 4 is 5.91 Å². The van der Waals surface area contributed by atoms with Crippen molar-refractivity contribution in [3.63, 3.8) is 0 Å². The van der Waals surface area contributed by atoms with Crippen molar-refractivity contribution in [2.75, 3.05) is 6.54 Å². The molecule has 0 aliphatic rings. The maximum atomic E-state index is 11.6. The van der Waals surface area contributed by atoms with Gasteiger partial charge in [0, 0.05) is 31.0 Å². The molecule has 0 aromatic carbocycles. The smallest absolute Gasteiger partial charge is 0.239 e. The molecule has 0 saturated carbocycles. The summed E-state index contributed by atoms with van der Waals surface area (Å²) in [6, 6.07) is 6.34. The normalized spacial score (nSPS) is 10.3. The second kappa shape index (κ2) is 7.51. The zero-order valence-electron chi connectivity index (χ0n) is 10.9. The fraction of sp³-hybridized carbons (Fsp3) is 0.538. The third-order valence-electron chi connectivity index (χ3n) is 2.49. The molecule has 18 heavy (non-hydrogen) atoms. The predicted molar refractivity (Wildman–Crippen MR) is 69.6 cm³/mol. The Morgan fingerprint density at radius 3 is 3.00 bits per heavy atom. The van der Waals surface area contributed by atoms with Gasteiger partial charge in [-0.2, -0.15) is 5.26 Å². The van der Waals surface area contributed by atoms with Crippen LogP contribution in [0.2, 0.25) is 0 Å². The van der Waals surface area contributed by atoms with E-state index < -0.39 is 0 Å². The Balaban J connectivity index is 2.44. The van der Waals surface area contributed by atoms with Gasteiger partial charge in [0.05, 0.1) is 12.5 Å². The molecule has 1 aromatic heterocycles. The van der Waals surface area contributed by atoms with Gasteiger partial charge in [-0.05, 0) is 12.1 Å². The third-order valence-corrected chi connectivity index (χ3v) is 2.49. The number of carbonyl (C=O) groups is 1. The average Bonchev–Trinajstić information content (AvgIpc) is 2.74. The first kappa shape index (κ1) is 14.3. The molecule has 2 N–H and O–H groups in total. The number of nitrogens with zero attached hydrogens (tertiary/aromatic N) is 2. The Morgan fingerprint density at radius 1 is 1.56 bits per heavy atom. The summed E-state index contributed by atoms with van der Waals surface area (Å²) in [6.07, 6.45) is 2.24. The number of nitrogens with one attached hydrogen (secondary N) is 2. The van der Waals surface area contributed by atoms with Crippen molar-refractivity contribution in [3.05, 3.63) is 24.0 Å². The minimum Gasteiger partial charge on any atom is -0.354 e. The van der Waals surface area contributed by atoms with Gasteiger partial charge in [0.15, 0.2) is 0 Å². The van der Waals surface area contributed by atoms with E-state index in [1.54, 1.807) is 0 Å². The highest BCUT2D eigenvalue weighted by atomic mass is 16.1. The van der Waals surface area contributed by atoms with Crippen LogP contribution < -0.4 is 10.6 Å². The maximum Gasteiger partial charge on any atom is 0.239 e. The van der Waals surface area contributed by atoms with Crippen LogP contribution in [0, 0.1) is 11.3 Å². The lowest BCUT2D eigenvalue weighted by molar-refractivity contribution is -0.121. The quantitative estimate of drug-likeness (QED) is 0.708. The highest BCUT2D eigenvalue weighted by Gasteiger charge is 2.06. The van der Waals surface area contributed by atoms with Gasteiger partial charge < -0.3 is 15.2 Å². The van der Waals surface area contributed by atoms with E-state index in [0.717, 1.165) is 12.2 Å². The van der Waals surface area contributed by atoms with Crippen LogP contribution in [0.1, 0.15) is 26.0 Å². The lowest BCUT2D eigenvalue weighted by atomic mass is 10.3. The molecule has 0 saturated heterocycles. The van der Waals surface area contributed by atoms with E-state index >= 15 is 0 Å². The molecule has 0 atom stereocenters. The molecule has 98 valence electrons. The largest absolute Gasteiger partial charge is 0.354 e. The molecule has 5 heteroatoms. The summed E-state index contributed by atoms with van der Waals surface area (Å²) in [5.74, 6) is -0.0627. The molecule has 0 aliphatic carbocycles. The Kier molecular flexibility index (Phi) is 5.95. The van der Waals surface area contributed by atoms with Gasteiger partial charge in [-0.15, -0.1) is 0 Å². The maximum absolute atomic E-state index is 11.6. The van der Waals surface area contributed by atoms with Gasteiger partial charge in [-0.1, -0.05) is 13.8 Å². The second-order valence-corrected chi connectivity index (χ2v) is 4.42. The van der Waals surface area contributed by atoms with Gasteiger partial charge in [0.2, 0.25) is 5.91 Å². The van der Waals surface area contributed by atoms with Crippen LogP contribution in [0.15, 0.2) is 18.3 Å². The molecule has 0 bridgehead atoms. The monoisotopic (exact) mass is 248 g/mol. The topological polar surface area (TPSA) is 69.8 Å². The van der Waals surface area contributed by atoms with Gasteiger partial charge in [0.25, 0.3) is 0 Å². The first-order valence-electron chi connectivity index (χ1n) is 6.14. The van der Waals surface area contributed by atoms with Gasteiger partial charge in [-0.3, -0.25) is 4.79 Å². The van der Waals surface area contributed by atoms with Crippen LogP contribution >= 0.6 is 0 Å². The van der Waals surface area contributed by atoms with Crippen molar-refractivity contribution in [2.24, 2.45) is 0 Å². The fourth-order valence-electron chi connectivity index (χ4n) is 1.54. The minimum absolute atomic E-state index is 0.0627. The molecular weight excluding hydrogens is 228 g/mol. The predicted octanol–water partition coefficient (Wildman–Crippen LogP) is 1.02. The second-order valence-electron chi connectivity index (χ2n) is 4.42. The Bertz CT molecular complexity index is 417. The van der Waals surface area contributed by atoms with E-state index in [0.29, 0.717) is 25.6 Å². The number of rotatable bonds is 7. The highest BCUT2D eigenvalue weighted by Crippen LogP contribution is 2.02. The van der Waals surface area contributed by atoms with Gasteiger partial charge in [-0.25, -0.2) is 0 Å². The van der Waals surface area contributed by atoms with Crippen LogP contribution in [0.4, 0.5) is 0 Å². The zero-order chi connectivity index (χ0) is 13.4. The Labute approximate surface area is 108 Å². The number of aromatic nitrogens is 1. The van der Waals surface area contributed by atoms with Gasteiger partial charge in [0.1, 0.15) is 6.54 Å². The van der Waals surface area contributed by atoms with Crippen molar-refractivity contribution < 1.29 is 4.79 Å².